The smallest absolute Gasteiger partial charge is 0.129 e. The second-order valence-electron chi connectivity index (χ2n) is 4.34. The summed E-state index contributed by atoms with van der Waals surface area (Å²) in [5.41, 5.74) is 1.01. The van der Waals surface area contributed by atoms with Gasteiger partial charge in [0.05, 0.1) is 6.04 Å². The molecule has 0 aliphatic carbocycles. The number of thioether (sulfide) groups is 1. The van der Waals surface area contributed by atoms with E-state index in [0.29, 0.717) is 6.04 Å². The molecule has 1 aliphatic heterocycles. The van der Waals surface area contributed by atoms with Crippen molar-refractivity contribution in [2.24, 2.45) is 0 Å². The van der Waals surface area contributed by atoms with Crippen LogP contribution in [0.1, 0.15) is 12.6 Å². The largest absolute Gasteiger partial charge is 0.365 e. The Hall–Kier alpha value is -0.810. The van der Waals surface area contributed by atoms with E-state index in [0.717, 1.165) is 24.6 Å². The molecule has 94 valence electrons. The lowest BCUT2D eigenvalue weighted by Gasteiger charge is -2.39. The van der Waals surface area contributed by atoms with E-state index in [1.807, 2.05) is 24.8 Å². The number of hydrogen-bond acceptors (Lipinski definition) is 5. The summed E-state index contributed by atoms with van der Waals surface area (Å²) in [6.45, 7) is 7.67. The molecule has 1 fully saturated rings. The third-order valence-electron chi connectivity index (χ3n) is 2.87. The Kier molecular flexibility index (Phi) is 4.62. The zero-order valence-corrected chi connectivity index (χ0v) is 11.3. The predicted octanol–water partition coefficient (Wildman–Crippen LogP) is 1.63. The molecule has 4 nitrogen and oxygen atoms in total. The van der Waals surface area contributed by atoms with E-state index in [4.69, 9.17) is 0 Å². The quantitative estimate of drug-likeness (QED) is 0.779. The molecular formula is C12H20N4S. The lowest BCUT2D eigenvalue weighted by atomic mass is 10.1. The zero-order valence-electron chi connectivity index (χ0n) is 10.5. The van der Waals surface area contributed by atoms with Gasteiger partial charge in [-0.1, -0.05) is 6.92 Å². The molecule has 0 spiro atoms. The second kappa shape index (κ2) is 6.21. The van der Waals surface area contributed by atoms with Crippen molar-refractivity contribution in [2.45, 2.75) is 19.9 Å². The molecule has 0 aromatic carbocycles. The van der Waals surface area contributed by atoms with E-state index in [2.05, 4.69) is 27.1 Å². The highest BCUT2D eigenvalue weighted by atomic mass is 32.2. The van der Waals surface area contributed by atoms with Crippen LogP contribution in [0.5, 0.6) is 0 Å². The average Bonchev–Trinajstić information content (AvgIpc) is 2.26. The number of nitrogens with zero attached hydrogens (tertiary/aromatic N) is 3. The first-order valence-corrected chi connectivity index (χ1v) is 7.28. The lowest BCUT2D eigenvalue weighted by Crippen LogP contribution is -2.55. The van der Waals surface area contributed by atoms with Gasteiger partial charge in [-0.3, -0.25) is 4.90 Å². The van der Waals surface area contributed by atoms with Crippen LogP contribution in [-0.4, -0.2) is 52.0 Å². The summed E-state index contributed by atoms with van der Waals surface area (Å²) in [5, 5.41) is 3.44. The molecule has 0 saturated carbocycles. The van der Waals surface area contributed by atoms with Gasteiger partial charge in [0.15, 0.2) is 0 Å². The molecule has 17 heavy (non-hydrogen) atoms. The third-order valence-corrected chi connectivity index (χ3v) is 3.75. The summed E-state index contributed by atoms with van der Waals surface area (Å²) < 4.78 is 0. The van der Waals surface area contributed by atoms with Crippen molar-refractivity contribution < 1.29 is 0 Å². The molecule has 0 unspecified atom stereocenters. The van der Waals surface area contributed by atoms with Crippen LogP contribution in [0.3, 0.4) is 0 Å². The highest BCUT2D eigenvalue weighted by Gasteiger charge is 2.25. The molecule has 0 amide bonds. The van der Waals surface area contributed by atoms with Gasteiger partial charge in [-0.15, -0.1) is 0 Å². The van der Waals surface area contributed by atoms with Crippen LogP contribution in [-0.2, 0) is 0 Å². The number of hydrogen-bond donors (Lipinski definition) is 1. The maximum absolute atomic E-state index is 4.22. The van der Waals surface area contributed by atoms with Gasteiger partial charge in [-0.05, 0) is 12.7 Å². The molecule has 1 aromatic rings. The first-order chi connectivity index (χ1) is 8.28. The van der Waals surface area contributed by atoms with Gasteiger partial charge >= 0.3 is 0 Å². The van der Waals surface area contributed by atoms with Crippen molar-refractivity contribution in [3.05, 3.63) is 18.1 Å². The monoisotopic (exact) mass is 252 g/mol. The van der Waals surface area contributed by atoms with Crippen molar-refractivity contribution in [2.75, 3.05) is 36.5 Å². The number of nitrogens with one attached hydrogen (secondary N) is 1. The molecular weight excluding hydrogens is 232 g/mol. The van der Waals surface area contributed by atoms with E-state index < -0.39 is 0 Å². The number of rotatable bonds is 6. The van der Waals surface area contributed by atoms with Gasteiger partial charge in [0.25, 0.3) is 0 Å². The van der Waals surface area contributed by atoms with Crippen LogP contribution in [0, 0.1) is 6.92 Å². The molecule has 1 aromatic heterocycles. The molecule has 1 aliphatic rings. The lowest BCUT2D eigenvalue weighted by molar-refractivity contribution is 0.173. The fraction of sp³-hybridized carbons (Fsp3) is 0.667. The molecule has 1 N–H and O–H groups in total. The highest BCUT2D eigenvalue weighted by Crippen LogP contribution is 2.14. The summed E-state index contributed by atoms with van der Waals surface area (Å²) in [7, 11) is 0. The van der Waals surface area contributed by atoms with E-state index in [1.54, 1.807) is 6.33 Å². The van der Waals surface area contributed by atoms with Crippen LogP contribution < -0.4 is 5.32 Å². The minimum absolute atomic E-state index is 0.552. The normalized spacial score (nSPS) is 16.8. The molecule has 5 heteroatoms. The van der Waals surface area contributed by atoms with Crippen LogP contribution in [0.25, 0.3) is 0 Å². The SMILES string of the molecule is CCSCCN1CC(Nc2cc(C)ncn2)C1. The van der Waals surface area contributed by atoms with Gasteiger partial charge in [-0.25, -0.2) is 9.97 Å². The first-order valence-electron chi connectivity index (χ1n) is 6.13. The Labute approximate surface area is 107 Å². The van der Waals surface area contributed by atoms with Crippen molar-refractivity contribution in [1.82, 2.24) is 14.9 Å². The van der Waals surface area contributed by atoms with Crippen molar-refractivity contribution in [1.29, 1.82) is 0 Å². The minimum atomic E-state index is 0.552. The summed E-state index contributed by atoms with van der Waals surface area (Å²) in [6.07, 6.45) is 1.62. The standard InChI is InChI=1S/C12H20N4S/c1-3-17-5-4-16-7-11(8-16)15-12-6-10(2)13-9-14-12/h6,9,11H,3-5,7-8H2,1-2H3,(H,13,14,15). The number of anilines is 1. The fourth-order valence-electron chi connectivity index (χ4n) is 1.92. The van der Waals surface area contributed by atoms with Crippen molar-refractivity contribution in [3.8, 4) is 0 Å². The fourth-order valence-corrected chi connectivity index (χ4v) is 2.60. The van der Waals surface area contributed by atoms with Crippen molar-refractivity contribution in [3.63, 3.8) is 0 Å². The van der Waals surface area contributed by atoms with Gasteiger partial charge in [0.1, 0.15) is 12.1 Å². The minimum Gasteiger partial charge on any atom is -0.365 e. The Morgan fingerprint density at radius 2 is 2.29 bits per heavy atom. The van der Waals surface area contributed by atoms with Crippen LogP contribution >= 0.6 is 11.8 Å². The van der Waals surface area contributed by atoms with Gasteiger partial charge in [0.2, 0.25) is 0 Å². The summed E-state index contributed by atoms with van der Waals surface area (Å²) in [5.74, 6) is 3.41. The van der Waals surface area contributed by atoms with E-state index >= 15 is 0 Å². The second-order valence-corrected chi connectivity index (χ2v) is 5.74. The van der Waals surface area contributed by atoms with Crippen LogP contribution in [0.2, 0.25) is 0 Å². The maximum atomic E-state index is 4.22. The molecule has 0 radical (unpaired) electrons. The number of aromatic nitrogens is 2. The van der Waals surface area contributed by atoms with Gasteiger partial charge in [0, 0.05) is 37.1 Å². The molecule has 0 atom stereocenters. The first kappa shape index (κ1) is 12.6. The Bertz CT molecular complexity index is 352. The predicted molar refractivity (Wildman–Crippen MR) is 73.6 cm³/mol. The summed E-state index contributed by atoms with van der Waals surface area (Å²) >= 11 is 2.01. The molecule has 1 saturated heterocycles. The Morgan fingerprint density at radius 3 is 3.00 bits per heavy atom. The summed E-state index contributed by atoms with van der Waals surface area (Å²) in [4.78, 5) is 10.8. The van der Waals surface area contributed by atoms with Gasteiger partial charge in [-0.2, -0.15) is 11.8 Å². The van der Waals surface area contributed by atoms with Crippen LogP contribution in [0.4, 0.5) is 5.82 Å². The maximum Gasteiger partial charge on any atom is 0.129 e. The van der Waals surface area contributed by atoms with Crippen LogP contribution in [0.15, 0.2) is 12.4 Å². The topological polar surface area (TPSA) is 41.0 Å². The molecule has 0 bridgehead atoms. The number of likely N-dealkylation sites (tertiary alicyclic amines) is 1. The van der Waals surface area contributed by atoms with Gasteiger partial charge < -0.3 is 5.32 Å². The number of aryl methyl sites for hydroxylation is 1. The van der Waals surface area contributed by atoms with Crippen molar-refractivity contribution >= 4 is 17.6 Å². The average molecular weight is 252 g/mol. The van der Waals surface area contributed by atoms with E-state index in [9.17, 15) is 0 Å². The summed E-state index contributed by atoms with van der Waals surface area (Å²) in [6, 6.07) is 2.55. The highest BCUT2D eigenvalue weighted by molar-refractivity contribution is 7.99. The van der Waals surface area contributed by atoms with E-state index in [1.165, 1.54) is 18.1 Å². The third kappa shape index (κ3) is 3.85. The molecule has 2 heterocycles. The zero-order chi connectivity index (χ0) is 12.1. The van der Waals surface area contributed by atoms with E-state index in [-0.39, 0.29) is 0 Å². The Morgan fingerprint density at radius 1 is 1.47 bits per heavy atom. The molecule has 2 rings (SSSR count). The Balaban J connectivity index is 1.67.